The van der Waals surface area contributed by atoms with Crippen LogP contribution in [0.4, 0.5) is 5.69 Å². The molecule has 0 saturated carbocycles. The van der Waals surface area contributed by atoms with Crippen LogP contribution in [0.3, 0.4) is 0 Å². The van der Waals surface area contributed by atoms with E-state index >= 15 is 0 Å². The van der Waals surface area contributed by atoms with E-state index in [0.29, 0.717) is 0 Å². The van der Waals surface area contributed by atoms with Gasteiger partial charge in [-0.15, -0.1) is 0 Å². The molecule has 0 atom stereocenters. The Kier molecular flexibility index (Phi) is 4.55. The molecule has 16 heavy (non-hydrogen) atoms. The van der Waals surface area contributed by atoms with E-state index in [1.165, 1.54) is 23.6 Å². The van der Waals surface area contributed by atoms with E-state index in [1.54, 1.807) is 0 Å². The average Bonchev–Trinajstić information content (AvgIpc) is 2.57. The molecule has 1 aromatic rings. The van der Waals surface area contributed by atoms with Gasteiger partial charge in [-0.25, -0.2) is 0 Å². The number of rotatable bonds is 2. The molecule has 1 N–H and O–H groups in total. The summed E-state index contributed by atoms with van der Waals surface area (Å²) in [5.41, 5.74) is 2.20. The summed E-state index contributed by atoms with van der Waals surface area (Å²) in [5, 5.41) is 9.36. The second-order valence-corrected chi connectivity index (χ2v) is 6.02. The topological polar surface area (TPSA) is 23.5 Å². The van der Waals surface area contributed by atoms with Gasteiger partial charge in [-0.1, -0.05) is 22.0 Å². The first-order chi connectivity index (χ1) is 7.81. The summed E-state index contributed by atoms with van der Waals surface area (Å²) in [4.78, 5) is 2.39. The molecule has 1 aliphatic rings. The zero-order valence-corrected chi connectivity index (χ0v) is 11.6. The molecule has 2 nitrogen and oxygen atoms in total. The summed E-state index contributed by atoms with van der Waals surface area (Å²) >= 11 is 5.51. The highest BCUT2D eigenvalue weighted by molar-refractivity contribution is 9.10. The fraction of sp³-hybridized carbons (Fsp3) is 0.500. The Morgan fingerprint density at radius 2 is 2.19 bits per heavy atom. The quantitative estimate of drug-likeness (QED) is 0.909. The maximum Gasteiger partial charge on any atom is 0.0702 e. The summed E-state index contributed by atoms with van der Waals surface area (Å²) < 4.78 is 1.08. The molecule has 0 radical (unpaired) electrons. The number of nitrogens with zero attached hydrogens (tertiary/aromatic N) is 1. The van der Waals surface area contributed by atoms with Gasteiger partial charge in [0.1, 0.15) is 0 Å². The fourth-order valence-corrected chi connectivity index (χ4v) is 3.19. The minimum Gasteiger partial charge on any atom is -0.392 e. The van der Waals surface area contributed by atoms with Gasteiger partial charge in [0, 0.05) is 34.6 Å². The molecule has 0 aliphatic carbocycles. The van der Waals surface area contributed by atoms with E-state index < -0.39 is 0 Å². The van der Waals surface area contributed by atoms with Crippen molar-refractivity contribution in [2.24, 2.45) is 0 Å². The highest BCUT2D eigenvalue weighted by Crippen LogP contribution is 2.27. The van der Waals surface area contributed by atoms with Gasteiger partial charge in [-0.2, -0.15) is 11.8 Å². The maximum atomic E-state index is 9.36. The Morgan fingerprint density at radius 1 is 1.31 bits per heavy atom. The van der Waals surface area contributed by atoms with Crippen LogP contribution in [0.2, 0.25) is 0 Å². The van der Waals surface area contributed by atoms with Crippen LogP contribution < -0.4 is 4.90 Å². The van der Waals surface area contributed by atoms with Crippen LogP contribution in [0.25, 0.3) is 0 Å². The minimum absolute atomic E-state index is 0.117. The fourth-order valence-electron chi connectivity index (χ4n) is 1.95. The number of benzene rings is 1. The molecular formula is C12H16BrNOS. The Bertz CT molecular complexity index is 351. The standard InChI is InChI=1S/C12H16BrNOS/c13-11-3-2-10(9-15)12(8-11)14-4-1-6-16-7-5-14/h2-3,8,15H,1,4-7,9H2. The summed E-state index contributed by atoms with van der Waals surface area (Å²) in [7, 11) is 0. The van der Waals surface area contributed by atoms with Gasteiger partial charge >= 0.3 is 0 Å². The lowest BCUT2D eigenvalue weighted by atomic mass is 10.1. The Balaban J connectivity index is 2.25. The third kappa shape index (κ3) is 2.93. The first-order valence-electron chi connectivity index (χ1n) is 5.53. The van der Waals surface area contributed by atoms with Gasteiger partial charge in [-0.05, 0) is 24.3 Å². The van der Waals surface area contributed by atoms with E-state index in [1.807, 2.05) is 23.9 Å². The van der Waals surface area contributed by atoms with Gasteiger partial charge in [0.25, 0.3) is 0 Å². The van der Waals surface area contributed by atoms with Crippen molar-refractivity contribution in [1.29, 1.82) is 0 Å². The summed E-state index contributed by atoms with van der Waals surface area (Å²) in [6.45, 7) is 2.29. The first kappa shape index (κ1) is 12.3. The molecule has 1 heterocycles. The first-order valence-corrected chi connectivity index (χ1v) is 7.48. The summed E-state index contributed by atoms with van der Waals surface area (Å²) in [5.74, 6) is 2.43. The molecule has 88 valence electrons. The predicted octanol–water partition coefficient (Wildman–Crippen LogP) is 2.88. The molecule has 0 bridgehead atoms. The lowest BCUT2D eigenvalue weighted by Gasteiger charge is -2.25. The number of hydrogen-bond donors (Lipinski definition) is 1. The molecule has 1 aliphatic heterocycles. The SMILES string of the molecule is OCc1ccc(Br)cc1N1CCCSCC1. The van der Waals surface area contributed by atoms with Gasteiger partial charge in [0.2, 0.25) is 0 Å². The molecule has 2 rings (SSSR count). The van der Waals surface area contributed by atoms with Gasteiger partial charge in [0.05, 0.1) is 6.61 Å². The zero-order valence-electron chi connectivity index (χ0n) is 9.16. The third-order valence-corrected chi connectivity index (χ3v) is 4.32. The summed E-state index contributed by atoms with van der Waals surface area (Å²) in [6.07, 6.45) is 1.22. The summed E-state index contributed by atoms with van der Waals surface area (Å²) in [6, 6.07) is 6.10. The van der Waals surface area contributed by atoms with Gasteiger partial charge in [-0.3, -0.25) is 0 Å². The molecule has 0 unspecified atom stereocenters. The molecule has 1 saturated heterocycles. The van der Waals surface area contributed by atoms with E-state index in [9.17, 15) is 5.11 Å². The number of anilines is 1. The average molecular weight is 302 g/mol. The van der Waals surface area contributed by atoms with E-state index in [0.717, 1.165) is 23.1 Å². The second-order valence-electron chi connectivity index (χ2n) is 3.88. The van der Waals surface area contributed by atoms with Crippen molar-refractivity contribution in [3.05, 3.63) is 28.2 Å². The normalized spacial score (nSPS) is 17.2. The molecule has 0 aromatic heterocycles. The lowest BCUT2D eigenvalue weighted by molar-refractivity contribution is 0.282. The second kappa shape index (κ2) is 5.94. The van der Waals surface area contributed by atoms with Crippen molar-refractivity contribution in [1.82, 2.24) is 0 Å². The Labute approximate surface area is 109 Å². The molecule has 0 spiro atoms. The molecule has 1 aromatic carbocycles. The van der Waals surface area contributed by atoms with Crippen molar-refractivity contribution in [3.63, 3.8) is 0 Å². The van der Waals surface area contributed by atoms with E-state index in [4.69, 9.17) is 0 Å². The number of aliphatic hydroxyl groups excluding tert-OH is 1. The largest absolute Gasteiger partial charge is 0.392 e. The lowest BCUT2D eigenvalue weighted by Crippen LogP contribution is -2.26. The Hall–Kier alpha value is -0.190. The van der Waals surface area contributed by atoms with Crippen LogP contribution in [0, 0.1) is 0 Å². The third-order valence-electron chi connectivity index (χ3n) is 2.78. The maximum absolute atomic E-state index is 9.36. The van der Waals surface area contributed by atoms with Crippen molar-refractivity contribution < 1.29 is 5.11 Å². The molecule has 0 amide bonds. The van der Waals surface area contributed by atoms with E-state index in [-0.39, 0.29) is 6.61 Å². The van der Waals surface area contributed by atoms with Crippen LogP contribution in [-0.4, -0.2) is 29.7 Å². The Morgan fingerprint density at radius 3 is 3.00 bits per heavy atom. The van der Waals surface area contributed by atoms with Crippen molar-refractivity contribution in [3.8, 4) is 0 Å². The molecular weight excluding hydrogens is 286 g/mol. The molecule has 1 fully saturated rings. The predicted molar refractivity (Wildman–Crippen MR) is 74.2 cm³/mol. The van der Waals surface area contributed by atoms with Crippen LogP contribution in [-0.2, 0) is 6.61 Å². The number of halogens is 1. The number of thioether (sulfide) groups is 1. The van der Waals surface area contributed by atoms with Crippen molar-refractivity contribution in [2.75, 3.05) is 29.5 Å². The van der Waals surface area contributed by atoms with Crippen LogP contribution >= 0.6 is 27.7 Å². The monoisotopic (exact) mass is 301 g/mol. The highest BCUT2D eigenvalue weighted by Gasteiger charge is 2.13. The van der Waals surface area contributed by atoms with E-state index in [2.05, 4.69) is 26.9 Å². The van der Waals surface area contributed by atoms with Crippen LogP contribution in [0.15, 0.2) is 22.7 Å². The number of hydrogen-bond acceptors (Lipinski definition) is 3. The highest BCUT2D eigenvalue weighted by atomic mass is 79.9. The zero-order chi connectivity index (χ0) is 11.4. The van der Waals surface area contributed by atoms with Gasteiger partial charge < -0.3 is 10.0 Å². The smallest absolute Gasteiger partial charge is 0.0702 e. The number of aliphatic hydroxyl groups is 1. The van der Waals surface area contributed by atoms with Crippen LogP contribution in [0.1, 0.15) is 12.0 Å². The van der Waals surface area contributed by atoms with Crippen molar-refractivity contribution >= 4 is 33.4 Å². The molecule has 4 heteroatoms. The van der Waals surface area contributed by atoms with Gasteiger partial charge in [0.15, 0.2) is 0 Å². The van der Waals surface area contributed by atoms with Crippen molar-refractivity contribution in [2.45, 2.75) is 13.0 Å². The van der Waals surface area contributed by atoms with Crippen LogP contribution in [0.5, 0.6) is 0 Å². The minimum atomic E-state index is 0.117.